The zero-order chi connectivity index (χ0) is 20.6. The molecule has 0 saturated carbocycles. The van der Waals surface area contributed by atoms with E-state index in [-0.39, 0.29) is 17.5 Å². The van der Waals surface area contributed by atoms with E-state index in [0.717, 1.165) is 5.56 Å². The van der Waals surface area contributed by atoms with Crippen LogP contribution in [0.25, 0.3) is 0 Å². The van der Waals surface area contributed by atoms with Crippen molar-refractivity contribution in [2.75, 3.05) is 19.0 Å². The lowest BCUT2D eigenvalue weighted by atomic mass is 10.1. The first-order valence-corrected chi connectivity index (χ1v) is 9.35. The largest absolute Gasteiger partial charge is 0.497 e. The van der Waals surface area contributed by atoms with E-state index in [1.807, 2.05) is 37.3 Å². The maximum atomic E-state index is 12.9. The number of hydrogen-bond donors (Lipinski definition) is 1. The molecular formula is C23H23N3O3. The summed E-state index contributed by atoms with van der Waals surface area (Å²) in [5.74, 6) is 0.104. The van der Waals surface area contributed by atoms with Gasteiger partial charge in [-0.2, -0.15) is 0 Å². The maximum Gasteiger partial charge on any atom is 0.274 e. The van der Waals surface area contributed by atoms with Gasteiger partial charge in [-0.3, -0.25) is 14.6 Å². The van der Waals surface area contributed by atoms with E-state index in [2.05, 4.69) is 10.3 Å². The fraction of sp³-hybridized carbons (Fsp3) is 0.174. The average Bonchev–Trinajstić information content (AvgIpc) is 2.78. The Morgan fingerprint density at radius 2 is 1.83 bits per heavy atom. The lowest BCUT2D eigenvalue weighted by molar-refractivity contribution is 0.0752. The number of ether oxygens (including phenoxy) is 1. The molecule has 0 spiro atoms. The molecule has 0 bridgehead atoms. The van der Waals surface area contributed by atoms with Gasteiger partial charge in [0.15, 0.2) is 0 Å². The van der Waals surface area contributed by atoms with Crippen LogP contribution in [0.2, 0.25) is 0 Å². The Bertz CT molecular complexity index is 989. The van der Waals surface area contributed by atoms with Crippen molar-refractivity contribution in [3.8, 4) is 5.75 Å². The summed E-state index contributed by atoms with van der Waals surface area (Å²) >= 11 is 0. The van der Waals surface area contributed by atoms with Crippen molar-refractivity contribution in [2.24, 2.45) is 0 Å². The zero-order valence-corrected chi connectivity index (χ0v) is 16.5. The van der Waals surface area contributed by atoms with Gasteiger partial charge in [0.05, 0.1) is 7.11 Å². The molecule has 1 aromatic heterocycles. The minimum absolute atomic E-state index is 0.144. The number of benzene rings is 2. The van der Waals surface area contributed by atoms with Crippen molar-refractivity contribution in [2.45, 2.75) is 13.5 Å². The number of methoxy groups -OCH3 is 1. The Hall–Kier alpha value is -3.67. The van der Waals surface area contributed by atoms with Crippen LogP contribution in [0.5, 0.6) is 5.75 Å². The number of carbonyl (C=O) groups excluding carboxylic acids is 2. The average molecular weight is 389 g/mol. The van der Waals surface area contributed by atoms with Gasteiger partial charge in [-0.15, -0.1) is 0 Å². The summed E-state index contributed by atoms with van der Waals surface area (Å²) in [5.41, 5.74) is 2.24. The number of nitrogens with one attached hydrogen (secondary N) is 1. The highest BCUT2D eigenvalue weighted by Crippen LogP contribution is 2.18. The van der Waals surface area contributed by atoms with E-state index >= 15 is 0 Å². The molecule has 0 saturated heterocycles. The second-order valence-electron chi connectivity index (χ2n) is 6.42. The number of carbonyl (C=O) groups is 2. The third kappa shape index (κ3) is 5.19. The summed E-state index contributed by atoms with van der Waals surface area (Å²) < 4.78 is 5.16. The number of hydrogen-bond acceptors (Lipinski definition) is 4. The second kappa shape index (κ2) is 9.50. The molecule has 0 fully saturated rings. The summed E-state index contributed by atoms with van der Waals surface area (Å²) in [6.45, 7) is 2.99. The van der Waals surface area contributed by atoms with Crippen molar-refractivity contribution in [3.63, 3.8) is 0 Å². The number of amides is 2. The fourth-order valence-electron chi connectivity index (χ4n) is 2.90. The molecule has 0 unspecified atom stereocenters. The monoisotopic (exact) mass is 389 g/mol. The van der Waals surface area contributed by atoms with Gasteiger partial charge in [-0.25, -0.2) is 0 Å². The van der Waals surface area contributed by atoms with Crippen molar-refractivity contribution in [1.82, 2.24) is 9.88 Å². The topological polar surface area (TPSA) is 71.5 Å². The quantitative estimate of drug-likeness (QED) is 0.663. The van der Waals surface area contributed by atoms with Crippen LogP contribution in [0.15, 0.2) is 72.9 Å². The van der Waals surface area contributed by atoms with Crippen LogP contribution in [0.4, 0.5) is 5.69 Å². The molecule has 0 aliphatic rings. The van der Waals surface area contributed by atoms with E-state index in [4.69, 9.17) is 4.74 Å². The van der Waals surface area contributed by atoms with Crippen molar-refractivity contribution < 1.29 is 14.3 Å². The highest BCUT2D eigenvalue weighted by molar-refractivity contribution is 6.04. The first-order valence-electron chi connectivity index (χ1n) is 9.35. The van der Waals surface area contributed by atoms with Crippen LogP contribution >= 0.6 is 0 Å². The summed E-state index contributed by atoms with van der Waals surface area (Å²) in [7, 11) is 1.56. The predicted octanol–water partition coefficient (Wildman–Crippen LogP) is 4.00. The van der Waals surface area contributed by atoms with Gasteiger partial charge >= 0.3 is 0 Å². The van der Waals surface area contributed by atoms with E-state index in [1.54, 1.807) is 42.3 Å². The maximum absolute atomic E-state index is 12.9. The molecule has 6 heteroatoms. The van der Waals surface area contributed by atoms with E-state index in [0.29, 0.717) is 30.1 Å². The predicted molar refractivity (Wildman–Crippen MR) is 112 cm³/mol. The standard InChI is InChI=1S/C23H23N3O3/c1-3-26(16-17-8-5-4-6-9-17)23(28)18-12-13-24-21(14-18)22(27)25-19-10-7-11-20(15-19)29-2/h4-15H,3,16H2,1-2H3,(H,25,27). The van der Waals surface area contributed by atoms with Crippen molar-refractivity contribution in [3.05, 3.63) is 89.7 Å². The minimum Gasteiger partial charge on any atom is -0.497 e. The Morgan fingerprint density at radius 3 is 2.55 bits per heavy atom. The summed E-state index contributed by atoms with van der Waals surface area (Å²) in [6.07, 6.45) is 1.48. The highest BCUT2D eigenvalue weighted by atomic mass is 16.5. The fourth-order valence-corrected chi connectivity index (χ4v) is 2.90. The van der Waals surface area contributed by atoms with Crippen molar-refractivity contribution >= 4 is 17.5 Å². The van der Waals surface area contributed by atoms with Gasteiger partial charge in [0.2, 0.25) is 0 Å². The third-order valence-electron chi connectivity index (χ3n) is 4.45. The Morgan fingerprint density at radius 1 is 1.03 bits per heavy atom. The molecule has 0 aliphatic heterocycles. The molecule has 0 atom stereocenters. The van der Waals surface area contributed by atoms with E-state index < -0.39 is 0 Å². The zero-order valence-electron chi connectivity index (χ0n) is 16.5. The molecule has 0 radical (unpaired) electrons. The van der Waals surface area contributed by atoms with Crippen LogP contribution < -0.4 is 10.1 Å². The number of pyridine rings is 1. The number of nitrogens with zero attached hydrogens (tertiary/aromatic N) is 2. The first kappa shape index (κ1) is 20.1. The molecule has 2 amide bonds. The number of rotatable bonds is 7. The summed E-state index contributed by atoms with van der Waals surface area (Å²) in [6, 6.07) is 20.0. The molecule has 6 nitrogen and oxygen atoms in total. The van der Waals surface area contributed by atoms with Crippen molar-refractivity contribution in [1.29, 1.82) is 0 Å². The molecule has 148 valence electrons. The van der Waals surface area contributed by atoms with Gasteiger partial charge < -0.3 is 15.0 Å². The van der Waals surface area contributed by atoms with Gasteiger partial charge in [0.1, 0.15) is 11.4 Å². The Labute approximate surface area is 170 Å². The van der Waals surface area contributed by atoms with Crippen LogP contribution in [0.3, 0.4) is 0 Å². The Kier molecular flexibility index (Phi) is 6.58. The van der Waals surface area contributed by atoms with Crippen LogP contribution in [-0.2, 0) is 6.54 Å². The van der Waals surface area contributed by atoms with Gasteiger partial charge in [-0.05, 0) is 36.8 Å². The second-order valence-corrected chi connectivity index (χ2v) is 6.42. The molecular weight excluding hydrogens is 366 g/mol. The van der Waals surface area contributed by atoms with E-state index in [9.17, 15) is 9.59 Å². The van der Waals surface area contributed by atoms with E-state index in [1.165, 1.54) is 12.3 Å². The molecule has 2 aromatic carbocycles. The van der Waals surface area contributed by atoms with Gasteiger partial charge in [0.25, 0.3) is 11.8 Å². The molecule has 29 heavy (non-hydrogen) atoms. The molecule has 0 aliphatic carbocycles. The highest BCUT2D eigenvalue weighted by Gasteiger charge is 2.17. The third-order valence-corrected chi connectivity index (χ3v) is 4.45. The summed E-state index contributed by atoms with van der Waals surface area (Å²) in [5, 5.41) is 2.78. The molecule has 1 heterocycles. The normalized spacial score (nSPS) is 10.3. The van der Waals surface area contributed by atoms with Crippen LogP contribution in [0.1, 0.15) is 33.3 Å². The molecule has 1 N–H and O–H groups in total. The SMILES string of the molecule is CCN(Cc1ccccc1)C(=O)c1ccnc(C(=O)Nc2cccc(OC)c2)c1. The Balaban J connectivity index is 1.75. The lowest BCUT2D eigenvalue weighted by Crippen LogP contribution is -2.30. The number of anilines is 1. The van der Waals surface area contributed by atoms with Gasteiger partial charge in [0, 0.05) is 36.6 Å². The molecule has 3 aromatic rings. The van der Waals surface area contributed by atoms with Crippen LogP contribution in [0, 0.1) is 0 Å². The minimum atomic E-state index is -0.390. The number of aromatic nitrogens is 1. The van der Waals surface area contributed by atoms with Gasteiger partial charge in [-0.1, -0.05) is 36.4 Å². The van der Waals surface area contributed by atoms with Crippen LogP contribution in [-0.4, -0.2) is 35.4 Å². The smallest absolute Gasteiger partial charge is 0.274 e. The lowest BCUT2D eigenvalue weighted by Gasteiger charge is -2.21. The summed E-state index contributed by atoms with van der Waals surface area (Å²) in [4.78, 5) is 31.4. The molecule has 3 rings (SSSR count). The first-order chi connectivity index (χ1) is 14.1.